The van der Waals surface area contributed by atoms with Gasteiger partial charge in [-0.05, 0) is 13.8 Å². The van der Waals surface area contributed by atoms with Crippen molar-refractivity contribution in [3.05, 3.63) is 17.0 Å². The fraction of sp³-hybridized carbons (Fsp3) is 0.600. The summed E-state index contributed by atoms with van der Waals surface area (Å²) in [5.74, 6) is 0. The molecule has 1 fully saturated rings. The predicted molar refractivity (Wildman–Crippen MR) is 50.9 cm³/mol. The molecule has 1 saturated heterocycles. The van der Waals surface area contributed by atoms with Gasteiger partial charge in [0.1, 0.15) is 0 Å². The summed E-state index contributed by atoms with van der Waals surface area (Å²) in [6.07, 6.45) is 0.450. The molecule has 0 amide bonds. The first-order valence-electron chi connectivity index (χ1n) is 4.73. The third kappa shape index (κ3) is 1.30. The van der Waals surface area contributed by atoms with E-state index in [1.54, 1.807) is 0 Å². The molecule has 0 bridgehead atoms. The first-order valence-corrected chi connectivity index (χ1v) is 4.73. The molecule has 2 heterocycles. The van der Waals surface area contributed by atoms with Gasteiger partial charge in [-0.3, -0.25) is 4.68 Å². The van der Waals surface area contributed by atoms with E-state index in [4.69, 9.17) is 10.00 Å². The number of aryl methyl sites for hydroxylation is 1. The SMILES string of the molecule is Cc1nn(C2COC2)c(C)c1CC#N. The minimum absolute atomic E-state index is 0.376. The van der Waals surface area contributed by atoms with Gasteiger partial charge >= 0.3 is 0 Å². The van der Waals surface area contributed by atoms with Crippen molar-refractivity contribution < 1.29 is 4.74 Å². The van der Waals surface area contributed by atoms with Crippen LogP contribution in [0.15, 0.2) is 0 Å². The monoisotopic (exact) mass is 191 g/mol. The summed E-state index contributed by atoms with van der Waals surface area (Å²) < 4.78 is 7.12. The van der Waals surface area contributed by atoms with Crippen LogP contribution in [0.5, 0.6) is 0 Å². The average Bonchev–Trinajstić information content (AvgIpc) is 2.31. The predicted octanol–water partition coefficient (Wildman–Crippen LogP) is 1.14. The van der Waals surface area contributed by atoms with E-state index in [0.717, 1.165) is 30.2 Å². The second-order valence-electron chi connectivity index (χ2n) is 3.62. The van der Waals surface area contributed by atoms with Gasteiger partial charge in [-0.15, -0.1) is 0 Å². The highest BCUT2D eigenvalue weighted by Crippen LogP contribution is 2.22. The average molecular weight is 191 g/mol. The first-order chi connectivity index (χ1) is 6.74. The summed E-state index contributed by atoms with van der Waals surface area (Å²) in [5.41, 5.74) is 3.15. The third-order valence-corrected chi connectivity index (χ3v) is 2.70. The van der Waals surface area contributed by atoms with Crippen molar-refractivity contribution in [3.8, 4) is 6.07 Å². The number of hydrogen-bond donors (Lipinski definition) is 0. The Morgan fingerprint density at radius 1 is 1.57 bits per heavy atom. The van der Waals surface area contributed by atoms with Crippen LogP contribution in [-0.2, 0) is 11.2 Å². The lowest BCUT2D eigenvalue weighted by Gasteiger charge is -2.27. The molecule has 0 aromatic carbocycles. The molecule has 4 heteroatoms. The van der Waals surface area contributed by atoms with E-state index >= 15 is 0 Å². The standard InChI is InChI=1S/C10H13N3O/c1-7-10(3-4-11)8(2)13(12-7)9-5-14-6-9/h9H,3,5-6H2,1-2H3. The second-order valence-corrected chi connectivity index (χ2v) is 3.62. The fourth-order valence-electron chi connectivity index (χ4n) is 1.75. The van der Waals surface area contributed by atoms with Crippen LogP contribution in [0, 0.1) is 25.2 Å². The molecular weight excluding hydrogens is 178 g/mol. The molecule has 0 unspecified atom stereocenters. The van der Waals surface area contributed by atoms with Crippen molar-refractivity contribution in [1.82, 2.24) is 9.78 Å². The Bertz CT molecular complexity index is 385. The van der Waals surface area contributed by atoms with Crippen LogP contribution < -0.4 is 0 Å². The van der Waals surface area contributed by atoms with Crippen LogP contribution in [0.25, 0.3) is 0 Å². The topological polar surface area (TPSA) is 50.8 Å². The minimum Gasteiger partial charge on any atom is -0.377 e. The maximum Gasteiger partial charge on any atom is 0.0988 e. The van der Waals surface area contributed by atoms with Crippen LogP contribution in [0.1, 0.15) is 23.0 Å². The fourth-order valence-corrected chi connectivity index (χ4v) is 1.75. The first kappa shape index (κ1) is 9.22. The van der Waals surface area contributed by atoms with E-state index < -0.39 is 0 Å². The summed E-state index contributed by atoms with van der Waals surface area (Å²) in [7, 11) is 0. The van der Waals surface area contributed by atoms with Crippen LogP contribution >= 0.6 is 0 Å². The van der Waals surface area contributed by atoms with Crippen molar-refractivity contribution in [1.29, 1.82) is 5.26 Å². The van der Waals surface area contributed by atoms with E-state index in [1.807, 2.05) is 18.5 Å². The van der Waals surface area contributed by atoms with Crippen LogP contribution in [0.4, 0.5) is 0 Å². The zero-order valence-electron chi connectivity index (χ0n) is 8.45. The van der Waals surface area contributed by atoms with E-state index in [1.165, 1.54) is 0 Å². The van der Waals surface area contributed by atoms with Crippen molar-refractivity contribution in [2.45, 2.75) is 26.3 Å². The summed E-state index contributed by atoms with van der Waals surface area (Å²) in [4.78, 5) is 0. The summed E-state index contributed by atoms with van der Waals surface area (Å²) in [6.45, 7) is 5.46. The van der Waals surface area contributed by atoms with Crippen molar-refractivity contribution >= 4 is 0 Å². The largest absolute Gasteiger partial charge is 0.377 e. The molecule has 4 nitrogen and oxygen atoms in total. The maximum atomic E-state index is 8.68. The summed E-state index contributed by atoms with van der Waals surface area (Å²) >= 11 is 0. The van der Waals surface area contributed by atoms with Gasteiger partial charge in [0.2, 0.25) is 0 Å². The van der Waals surface area contributed by atoms with Gasteiger partial charge in [0.05, 0.1) is 37.4 Å². The van der Waals surface area contributed by atoms with Gasteiger partial charge in [0.15, 0.2) is 0 Å². The molecule has 74 valence electrons. The Balaban J connectivity index is 2.33. The van der Waals surface area contributed by atoms with Crippen LogP contribution in [0.2, 0.25) is 0 Å². The molecule has 14 heavy (non-hydrogen) atoms. The zero-order chi connectivity index (χ0) is 10.1. The van der Waals surface area contributed by atoms with Gasteiger partial charge in [-0.1, -0.05) is 0 Å². The molecule has 1 aliphatic heterocycles. The Morgan fingerprint density at radius 3 is 2.79 bits per heavy atom. The third-order valence-electron chi connectivity index (χ3n) is 2.70. The molecule has 0 spiro atoms. The number of rotatable bonds is 2. The van der Waals surface area contributed by atoms with E-state index in [2.05, 4.69) is 11.2 Å². The van der Waals surface area contributed by atoms with Gasteiger partial charge < -0.3 is 4.74 Å². The summed E-state index contributed by atoms with van der Waals surface area (Å²) in [6, 6.07) is 2.55. The highest BCUT2D eigenvalue weighted by atomic mass is 16.5. The van der Waals surface area contributed by atoms with Gasteiger partial charge in [-0.25, -0.2) is 0 Å². The normalized spacial score (nSPS) is 16.4. The highest BCUT2D eigenvalue weighted by molar-refractivity contribution is 5.27. The smallest absolute Gasteiger partial charge is 0.0988 e. The quantitative estimate of drug-likeness (QED) is 0.704. The number of nitriles is 1. The number of ether oxygens (including phenoxy) is 1. The molecule has 1 aromatic heterocycles. The van der Waals surface area contributed by atoms with E-state index in [9.17, 15) is 0 Å². The second kappa shape index (κ2) is 3.43. The molecule has 0 saturated carbocycles. The molecule has 0 atom stereocenters. The minimum atomic E-state index is 0.376. The Hall–Kier alpha value is -1.34. The molecule has 0 aliphatic carbocycles. The molecule has 1 aliphatic rings. The molecular formula is C10H13N3O. The van der Waals surface area contributed by atoms with E-state index in [0.29, 0.717) is 12.5 Å². The van der Waals surface area contributed by atoms with Gasteiger partial charge in [0.25, 0.3) is 0 Å². The zero-order valence-corrected chi connectivity index (χ0v) is 8.45. The van der Waals surface area contributed by atoms with Crippen molar-refractivity contribution in [2.24, 2.45) is 0 Å². The molecule has 0 N–H and O–H groups in total. The van der Waals surface area contributed by atoms with Crippen molar-refractivity contribution in [3.63, 3.8) is 0 Å². The van der Waals surface area contributed by atoms with Crippen LogP contribution in [0.3, 0.4) is 0 Å². The lowest BCUT2D eigenvalue weighted by Crippen LogP contribution is -2.32. The summed E-state index contributed by atoms with van der Waals surface area (Å²) in [5, 5.41) is 13.1. The van der Waals surface area contributed by atoms with Crippen molar-refractivity contribution in [2.75, 3.05) is 13.2 Å². The number of hydrogen-bond acceptors (Lipinski definition) is 3. The Labute approximate surface area is 83.1 Å². The molecule has 2 rings (SSSR count). The molecule has 1 aromatic rings. The Kier molecular flexibility index (Phi) is 2.26. The lowest BCUT2D eigenvalue weighted by molar-refractivity contribution is -0.0296. The van der Waals surface area contributed by atoms with Crippen LogP contribution in [-0.4, -0.2) is 23.0 Å². The number of nitrogens with zero attached hydrogens (tertiary/aromatic N) is 3. The van der Waals surface area contributed by atoms with Gasteiger partial charge in [0, 0.05) is 11.3 Å². The number of aromatic nitrogens is 2. The lowest BCUT2D eigenvalue weighted by atomic mass is 10.1. The Morgan fingerprint density at radius 2 is 2.29 bits per heavy atom. The van der Waals surface area contributed by atoms with Gasteiger partial charge in [-0.2, -0.15) is 10.4 Å². The highest BCUT2D eigenvalue weighted by Gasteiger charge is 2.24. The maximum absolute atomic E-state index is 8.68. The molecule has 0 radical (unpaired) electrons. The van der Waals surface area contributed by atoms with E-state index in [-0.39, 0.29) is 0 Å².